The van der Waals surface area contributed by atoms with Crippen molar-refractivity contribution in [1.82, 2.24) is 9.97 Å². The van der Waals surface area contributed by atoms with Gasteiger partial charge in [-0.25, -0.2) is 9.97 Å². The van der Waals surface area contributed by atoms with E-state index >= 15 is 0 Å². The zero-order valence-corrected chi connectivity index (χ0v) is 11.0. The van der Waals surface area contributed by atoms with Crippen molar-refractivity contribution in [3.05, 3.63) is 11.5 Å². The van der Waals surface area contributed by atoms with Gasteiger partial charge in [0.05, 0.1) is 7.11 Å². The summed E-state index contributed by atoms with van der Waals surface area (Å²) in [5.74, 6) is 2.79. The number of hydrogen-bond acceptors (Lipinski definition) is 4. The van der Waals surface area contributed by atoms with Crippen LogP contribution in [0.4, 0.5) is 5.82 Å². The number of nitrogens with one attached hydrogen (secondary N) is 1. The van der Waals surface area contributed by atoms with Crippen molar-refractivity contribution in [3.63, 3.8) is 0 Å². The monoisotopic (exact) mass is 255 g/mol. The molecule has 0 aromatic carbocycles. The van der Waals surface area contributed by atoms with E-state index in [-0.39, 0.29) is 0 Å². The Hall–Kier alpha value is -1.03. The molecule has 0 saturated heterocycles. The predicted octanol–water partition coefficient (Wildman–Crippen LogP) is 2.99. The quantitative estimate of drug-likeness (QED) is 0.841. The van der Waals surface area contributed by atoms with E-state index < -0.39 is 0 Å². The highest BCUT2D eigenvalue weighted by Crippen LogP contribution is 2.32. The SMILES string of the molecule is COc1c(Cl)ncnc1NCC1CCC(C)C1. The molecule has 1 fully saturated rings. The Morgan fingerprint density at radius 2 is 2.29 bits per heavy atom. The molecule has 1 aromatic heterocycles. The molecule has 1 heterocycles. The molecule has 94 valence electrons. The minimum Gasteiger partial charge on any atom is -0.490 e. The van der Waals surface area contributed by atoms with E-state index in [1.807, 2.05) is 0 Å². The van der Waals surface area contributed by atoms with Crippen LogP contribution >= 0.6 is 11.6 Å². The molecule has 0 aliphatic heterocycles. The highest BCUT2D eigenvalue weighted by Gasteiger charge is 2.21. The summed E-state index contributed by atoms with van der Waals surface area (Å²) in [6.45, 7) is 3.23. The number of ether oxygens (including phenoxy) is 1. The van der Waals surface area contributed by atoms with Crippen LogP contribution in [0, 0.1) is 11.8 Å². The van der Waals surface area contributed by atoms with Crippen LogP contribution in [0.1, 0.15) is 26.2 Å². The number of nitrogens with zero attached hydrogens (tertiary/aromatic N) is 2. The summed E-state index contributed by atoms with van der Waals surface area (Å²) >= 11 is 5.93. The number of halogens is 1. The predicted molar refractivity (Wildman–Crippen MR) is 68.6 cm³/mol. The van der Waals surface area contributed by atoms with E-state index in [1.54, 1.807) is 7.11 Å². The Balaban J connectivity index is 1.97. The third-order valence-corrected chi connectivity index (χ3v) is 3.60. The normalized spacial score (nSPS) is 23.7. The molecule has 1 aromatic rings. The molecule has 2 unspecified atom stereocenters. The first-order valence-electron chi connectivity index (χ1n) is 5.99. The molecular formula is C12H18ClN3O. The first-order valence-corrected chi connectivity index (χ1v) is 6.37. The number of hydrogen-bond donors (Lipinski definition) is 1. The van der Waals surface area contributed by atoms with E-state index in [9.17, 15) is 0 Å². The Labute approximate surface area is 107 Å². The third-order valence-electron chi connectivity index (χ3n) is 3.33. The second-order valence-electron chi connectivity index (χ2n) is 4.71. The van der Waals surface area contributed by atoms with Gasteiger partial charge in [-0.2, -0.15) is 0 Å². The third kappa shape index (κ3) is 3.00. The average Bonchev–Trinajstić information content (AvgIpc) is 2.72. The van der Waals surface area contributed by atoms with Crippen molar-refractivity contribution < 1.29 is 4.74 Å². The standard InChI is InChI=1S/C12H18ClN3O/c1-8-3-4-9(5-8)6-14-12-10(17-2)11(13)15-7-16-12/h7-9H,3-6H2,1-2H3,(H,14,15,16). The minimum absolute atomic E-state index is 0.352. The maximum absolute atomic E-state index is 5.93. The summed E-state index contributed by atoms with van der Waals surface area (Å²) in [7, 11) is 1.58. The molecule has 0 spiro atoms. The van der Waals surface area contributed by atoms with Crippen LogP contribution in [-0.4, -0.2) is 23.6 Å². The summed E-state index contributed by atoms with van der Waals surface area (Å²) in [4.78, 5) is 8.05. The Morgan fingerprint density at radius 1 is 1.47 bits per heavy atom. The molecule has 4 nitrogen and oxygen atoms in total. The number of methoxy groups -OCH3 is 1. The maximum atomic E-state index is 5.93. The molecule has 1 aliphatic rings. The summed E-state index contributed by atoms with van der Waals surface area (Å²) in [5, 5.41) is 3.66. The fourth-order valence-corrected chi connectivity index (χ4v) is 2.62. The van der Waals surface area contributed by atoms with Gasteiger partial charge in [-0.1, -0.05) is 24.9 Å². The van der Waals surface area contributed by atoms with Crippen LogP contribution in [0.2, 0.25) is 5.15 Å². The molecule has 0 amide bonds. The van der Waals surface area contributed by atoms with Gasteiger partial charge in [-0.15, -0.1) is 0 Å². The van der Waals surface area contributed by atoms with E-state index in [0.717, 1.165) is 18.4 Å². The minimum atomic E-state index is 0.352. The second-order valence-corrected chi connectivity index (χ2v) is 5.07. The van der Waals surface area contributed by atoms with Crippen molar-refractivity contribution in [1.29, 1.82) is 0 Å². The molecule has 0 bridgehead atoms. The van der Waals surface area contributed by atoms with Crippen LogP contribution in [0.5, 0.6) is 5.75 Å². The van der Waals surface area contributed by atoms with Gasteiger partial charge in [0, 0.05) is 6.54 Å². The van der Waals surface area contributed by atoms with Crippen molar-refractivity contribution in [2.75, 3.05) is 19.0 Å². The van der Waals surface area contributed by atoms with Crippen molar-refractivity contribution in [2.24, 2.45) is 11.8 Å². The van der Waals surface area contributed by atoms with E-state index in [4.69, 9.17) is 16.3 Å². The van der Waals surface area contributed by atoms with Crippen molar-refractivity contribution in [3.8, 4) is 5.75 Å². The molecule has 1 saturated carbocycles. The number of rotatable bonds is 4. The van der Waals surface area contributed by atoms with Crippen LogP contribution in [0.3, 0.4) is 0 Å². The van der Waals surface area contributed by atoms with Gasteiger partial charge in [0.1, 0.15) is 6.33 Å². The van der Waals surface area contributed by atoms with Crippen LogP contribution in [0.15, 0.2) is 6.33 Å². The molecule has 2 rings (SSSR count). The van der Waals surface area contributed by atoms with Crippen LogP contribution in [0.25, 0.3) is 0 Å². The van der Waals surface area contributed by atoms with Crippen LogP contribution < -0.4 is 10.1 Å². The smallest absolute Gasteiger partial charge is 0.198 e. The van der Waals surface area contributed by atoms with Gasteiger partial charge in [0.15, 0.2) is 16.7 Å². The average molecular weight is 256 g/mol. The Bertz CT molecular complexity index is 386. The summed E-state index contributed by atoms with van der Waals surface area (Å²) in [6.07, 6.45) is 5.35. The summed E-state index contributed by atoms with van der Waals surface area (Å²) in [5.41, 5.74) is 0. The molecule has 2 atom stereocenters. The van der Waals surface area contributed by atoms with Gasteiger partial charge in [-0.05, 0) is 24.7 Å². The lowest BCUT2D eigenvalue weighted by molar-refractivity contribution is 0.412. The highest BCUT2D eigenvalue weighted by molar-refractivity contribution is 6.31. The fourth-order valence-electron chi connectivity index (χ4n) is 2.41. The lowest BCUT2D eigenvalue weighted by Gasteiger charge is -2.14. The molecule has 1 aliphatic carbocycles. The van der Waals surface area contributed by atoms with E-state index in [1.165, 1.54) is 25.6 Å². The van der Waals surface area contributed by atoms with Gasteiger partial charge in [-0.3, -0.25) is 0 Å². The lowest BCUT2D eigenvalue weighted by Crippen LogP contribution is -2.13. The van der Waals surface area contributed by atoms with Crippen LogP contribution in [-0.2, 0) is 0 Å². The molecule has 17 heavy (non-hydrogen) atoms. The zero-order valence-electron chi connectivity index (χ0n) is 10.2. The first-order chi connectivity index (χ1) is 8.20. The zero-order chi connectivity index (χ0) is 12.3. The number of anilines is 1. The topological polar surface area (TPSA) is 47.0 Å². The van der Waals surface area contributed by atoms with Crippen molar-refractivity contribution >= 4 is 17.4 Å². The van der Waals surface area contributed by atoms with Crippen molar-refractivity contribution in [2.45, 2.75) is 26.2 Å². The van der Waals surface area contributed by atoms with Gasteiger partial charge in [0.2, 0.25) is 0 Å². The van der Waals surface area contributed by atoms with Gasteiger partial charge in [0.25, 0.3) is 0 Å². The lowest BCUT2D eigenvalue weighted by atomic mass is 10.1. The Morgan fingerprint density at radius 3 is 2.94 bits per heavy atom. The summed E-state index contributed by atoms with van der Waals surface area (Å²) in [6, 6.07) is 0. The van der Waals surface area contributed by atoms with E-state index in [2.05, 4.69) is 22.2 Å². The maximum Gasteiger partial charge on any atom is 0.198 e. The van der Waals surface area contributed by atoms with E-state index in [0.29, 0.717) is 16.7 Å². The Kier molecular flexibility index (Phi) is 4.05. The van der Waals surface area contributed by atoms with Gasteiger partial charge >= 0.3 is 0 Å². The second kappa shape index (κ2) is 5.54. The molecule has 0 radical (unpaired) electrons. The summed E-state index contributed by atoms with van der Waals surface area (Å²) < 4.78 is 5.19. The largest absolute Gasteiger partial charge is 0.490 e. The molecule has 1 N–H and O–H groups in total. The fraction of sp³-hybridized carbons (Fsp3) is 0.667. The molecular weight excluding hydrogens is 238 g/mol. The molecule has 5 heteroatoms. The van der Waals surface area contributed by atoms with Gasteiger partial charge < -0.3 is 10.1 Å². The highest BCUT2D eigenvalue weighted by atomic mass is 35.5. The first kappa shape index (κ1) is 12.4. The number of aromatic nitrogens is 2.